The molecule has 7 nitrogen and oxygen atoms in total. The number of hydrogen-bond acceptors (Lipinski definition) is 6. The van der Waals surface area contributed by atoms with Crippen LogP contribution in [0, 0.1) is 23.1 Å². The number of halogens is 1. The monoisotopic (exact) mass is 459 g/mol. The number of ether oxygens (including phenoxy) is 1. The maximum atomic E-state index is 14.5. The first-order chi connectivity index (χ1) is 16.6. The third-order valence-electron chi connectivity index (χ3n) is 5.88. The summed E-state index contributed by atoms with van der Waals surface area (Å²) in [6.07, 6.45) is 7.62. The molecule has 1 heterocycles. The molecule has 0 aliphatic heterocycles. The first-order valence-corrected chi connectivity index (χ1v) is 11.4. The van der Waals surface area contributed by atoms with Crippen LogP contribution in [0.1, 0.15) is 48.8 Å². The van der Waals surface area contributed by atoms with E-state index in [1.54, 1.807) is 36.4 Å². The maximum absolute atomic E-state index is 14.5. The van der Waals surface area contributed by atoms with Gasteiger partial charge in [0.1, 0.15) is 17.4 Å². The zero-order chi connectivity index (χ0) is 23.8. The molecule has 2 aromatic carbocycles. The Hall–Kier alpha value is -3.83. The second-order valence-corrected chi connectivity index (χ2v) is 8.36. The number of aromatic amines is 1. The van der Waals surface area contributed by atoms with Crippen molar-refractivity contribution in [2.75, 3.05) is 12.0 Å². The quantitative estimate of drug-likeness (QED) is 0.365. The summed E-state index contributed by atoms with van der Waals surface area (Å²) in [4.78, 5) is 19.1. The average molecular weight is 460 g/mol. The van der Waals surface area contributed by atoms with Crippen LogP contribution in [0.3, 0.4) is 0 Å². The van der Waals surface area contributed by atoms with Crippen molar-refractivity contribution < 1.29 is 9.13 Å². The highest BCUT2D eigenvalue weighted by Gasteiger charge is 2.14. The van der Waals surface area contributed by atoms with Crippen molar-refractivity contribution in [3.8, 4) is 17.3 Å². The number of nitrogens with one attached hydrogen (secondary N) is 2. The summed E-state index contributed by atoms with van der Waals surface area (Å²) >= 11 is 0. The summed E-state index contributed by atoms with van der Waals surface area (Å²) in [5, 5.41) is 13.4. The molecule has 174 valence electrons. The van der Waals surface area contributed by atoms with Crippen molar-refractivity contribution >= 4 is 12.2 Å². The van der Waals surface area contributed by atoms with Gasteiger partial charge in [-0.05, 0) is 30.4 Å². The van der Waals surface area contributed by atoms with Crippen LogP contribution >= 0.6 is 0 Å². The molecule has 1 aliphatic rings. The predicted molar refractivity (Wildman–Crippen MR) is 129 cm³/mol. The van der Waals surface area contributed by atoms with Crippen LogP contribution in [-0.2, 0) is 11.3 Å². The van der Waals surface area contributed by atoms with Gasteiger partial charge < -0.3 is 4.74 Å². The van der Waals surface area contributed by atoms with Crippen molar-refractivity contribution in [1.29, 1.82) is 5.26 Å². The molecule has 34 heavy (non-hydrogen) atoms. The van der Waals surface area contributed by atoms with Gasteiger partial charge in [0.25, 0.3) is 5.56 Å². The Morgan fingerprint density at radius 1 is 1.21 bits per heavy atom. The summed E-state index contributed by atoms with van der Waals surface area (Å²) in [7, 11) is 0. The Morgan fingerprint density at radius 3 is 2.74 bits per heavy atom. The minimum atomic E-state index is -0.572. The lowest BCUT2D eigenvalue weighted by molar-refractivity contribution is 0.0723. The predicted octanol–water partition coefficient (Wildman–Crippen LogP) is 4.99. The average Bonchev–Trinajstić information content (AvgIpc) is 2.86. The van der Waals surface area contributed by atoms with Crippen LogP contribution in [0.2, 0.25) is 0 Å². The number of hydrogen-bond donors (Lipinski definition) is 2. The Bertz CT molecular complexity index is 1240. The third-order valence-corrected chi connectivity index (χ3v) is 5.88. The number of aromatic nitrogens is 2. The zero-order valence-corrected chi connectivity index (χ0v) is 18.8. The summed E-state index contributed by atoms with van der Waals surface area (Å²) in [5.74, 6) is 0.301. The van der Waals surface area contributed by atoms with Crippen LogP contribution < -0.4 is 11.0 Å². The third kappa shape index (κ3) is 5.94. The molecule has 3 aromatic rings. The highest BCUT2D eigenvalue weighted by Crippen LogP contribution is 2.24. The van der Waals surface area contributed by atoms with Gasteiger partial charge >= 0.3 is 0 Å². The number of H-pyrrole nitrogens is 1. The molecule has 1 saturated carbocycles. The smallest absolute Gasteiger partial charge is 0.270 e. The fraction of sp³-hybridized carbons (Fsp3) is 0.308. The fourth-order valence-electron chi connectivity index (χ4n) is 4.05. The highest BCUT2D eigenvalue weighted by molar-refractivity contribution is 5.80. The van der Waals surface area contributed by atoms with Gasteiger partial charge in [0.2, 0.25) is 5.95 Å². The van der Waals surface area contributed by atoms with Crippen molar-refractivity contribution in [1.82, 2.24) is 9.97 Å². The summed E-state index contributed by atoms with van der Waals surface area (Å²) in [5.41, 5.74) is 3.94. The van der Waals surface area contributed by atoms with Crippen LogP contribution in [0.15, 0.2) is 58.4 Å². The molecule has 0 saturated heterocycles. The first-order valence-electron chi connectivity index (χ1n) is 11.4. The minimum Gasteiger partial charge on any atom is -0.376 e. The summed E-state index contributed by atoms with van der Waals surface area (Å²) in [6, 6.07) is 15.7. The maximum Gasteiger partial charge on any atom is 0.270 e. The molecule has 0 atom stereocenters. The van der Waals surface area contributed by atoms with E-state index in [-0.39, 0.29) is 29.6 Å². The lowest BCUT2D eigenvalue weighted by atomic mass is 9.90. The van der Waals surface area contributed by atoms with E-state index >= 15 is 0 Å². The van der Waals surface area contributed by atoms with Crippen LogP contribution in [0.4, 0.5) is 10.3 Å². The van der Waals surface area contributed by atoms with Gasteiger partial charge in [-0.25, -0.2) is 14.8 Å². The molecular formula is C26H26FN5O2. The molecule has 2 N–H and O–H groups in total. The molecule has 1 aliphatic carbocycles. The molecule has 1 fully saturated rings. The molecule has 0 spiro atoms. The molecule has 0 radical (unpaired) electrons. The summed E-state index contributed by atoms with van der Waals surface area (Å²) in [6.45, 7) is 0.921. The normalized spacial score (nSPS) is 14.2. The number of nitrogens with zero attached hydrogens (tertiary/aromatic N) is 3. The van der Waals surface area contributed by atoms with Crippen molar-refractivity contribution in [2.24, 2.45) is 11.0 Å². The van der Waals surface area contributed by atoms with E-state index < -0.39 is 5.56 Å². The largest absolute Gasteiger partial charge is 0.376 e. The lowest BCUT2D eigenvalue weighted by Gasteiger charge is -2.21. The SMILES string of the molecule is N#Cc1c(-c2ccccc2)nc(NN=Cc2ccc(COCC3CCCCC3)c(F)c2)[nH]c1=O. The van der Waals surface area contributed by atoms with E-state index in [9.17, 15) is 14.4 Å². The highest BCUT2D eigenvalue weighted by atomic mass is 19.1. The van der Waals surface area contributed by atoms with Gasteiger partial charge in [0.05, 0.1) is 18.5 Å². The van der Waals surface area contributed by atoms with Gasteiger partial charge in [-0.3, -0.25) is 9.78 Å². The molecule has 1 aromatic heterocycles. The Morgan fingerprint density at radius 2 is 2.00 bits per heavy atom. The van der Waals surface area contributed by atoms with Gasteiger partial charge in [0, 0.05) is 17.7 Å². The molecule has 0 bridgehead atoms. The number of benzene rings is 2. The number of anilines is 1. The lowest BCUT2D eigenvalue weighted by Crippen LogP contribution is -2.16. The number of nitriles is 1. The first kappa shape index (κ1) is 23.3. The van der Waals surface area contributed by atoms with Gasteiger partial charge in [0.15, 0.2) is 0 Å². The van der Waals surface area contributed by atoms with Crippen LogP contribution in [-0.4, -0.2) is 22.8 Å². The van der Waals surface area contributed by atoms with E-state index in [1.165, 1.54) is 44.4 Å². The van der Waals surface area contributed by atoms with Crippen LogP contribution in [0.25, 0.3) is 11.3 Å². The van der Waals surface area contributed by atoms with Gasteiger partial charge in [-0.1, -0.05) is 61.7 Å². The zero-order valence-electron chi connectivity index (χ0n) is 18.8. The van der Waals surface area contributed by atoms with Gasteiger partial charge in [-0.2, -0.15) is 10.4 Å². The second-order valence-electron chi connectivity index (χ2n) is 8.36. The Balaban J connectivity index is 1.39. The van der Waals surface area contributed by atoms with E-state index in [4.69, 9.17) is 4.74 Å². The topological polar surface area (TPSA) is 103 Å². The standard InChI is InChI=1S/C26H26FN5O2/c27-23-13-19(11-12-21(23)17-34-16-18-7-3-1-4-8-18)15-29-32-26-30-24(20-9-5-2-6-10-20)22(14-28)25(33)31-26/h2,5-6,9-13,15,18H,1,3-4,7-8,16-17H2,(H2,30,31,32,33). The number of hydrazone groups is 1. The minimum absolute atomic E-state index is 0.0762. The van der Waals surface area contributed by atoms with E-state index in [1.807, 2.05) is 12.1 Å². The summed E-state index contributed by atoms with van der Waals surface area (Å²) < 4.78 is 20.2. The Kier molecular flexibility index (Phi) is 7.79. The number of rotatable bonds is 8. The van der Waals surface area contributed by atoms with Crippen molar-refractivity contribution in [3.63, 3.8) is 0 Å². The van der Waals surface area contributed by atoms with E-state index in [0.29, 0.717) is 29.2 Å². The molecular weight excluding hydrogens is 433 g/mol. The van der Waals surface area contributed by atoms with E-state index in [0.717, 1.165) is 0 Å². The van der Waals surface area contributed by atoms with E-state index in [2.05, 4.69) is 20.5 Å². The van der Waals surface area contributed by atoms with Crippen molar-refractivity contribution in [2.45, 2.75) is 38.7 Å². The molecule has 4 rings (SSSR count). The van der Waals surface area contributed by atoms with Crippen LogP contribution in [0.5, 0.6) is 0 Å². The van der Waals surface area contributed by atoms with Crippen molar-refractivity contribution in [3.05, 3.63) is 81.4 Å². The van der Waals surface area contributed by atoms with Gasteiger partial charge in [-0.15, -0.1) is 0 Å². The Labute approximate surface area is 197 Å². The second kappa shape index (κ2) is 11.3. The molecule has 0 amide bonds. The molecule has 8 heteroatoms. The molecule has 0 unspecified atom stereocenters. The fourth-order valence-corrected chi connectivity index (χ4v) is 4.05.